The van der Waals surface area contributed by atoms with Crippen LogP contribution in [0.1, 0.15) is 29.3 Å². The average molecular weight is 370 g/mol. The third kappa shape index (κ3) is 7.50. The van der Waals surface area contributed by atoms with Gasteiger partial charge in [0, 0.05) is 31.0 Å². The second-order valence-corrected chi connectivity index (χ2v) is 6.04. The van der Waals surface area contributed by atoms with Crippen LogP contribution in [-0.2, 0) is 9.53 Å². The van der Waals surface area contributed by atoms with Crippen LogP contribution in [0.25, 0.3) is 0 Å². The minimum atomic E-state index is -0.286. The van der Waals surface area contributed by atoms with Gasteiger partial charge in [0.25, 0.3) is 11.8 Å². The molecule has 0 unspecified atom stereocenters. The summed E-state index contributed by atoms with van der Waals surface area (Å²) < 4.78 is 10.7. The van der Waals surface area contributed by atoms with E-state index in [9.17, 15) is 9.59 Å². The van der Waals surface area contributed by atoms with Crippen molar-refractivity contribution in [1.82, 2.24) is 5.32 Å². The lowest BCUT2D eigenvalue weighted by molar-refractivity contribution is -0.118. The molecule has 0 aliphatic rings. The Morgan fingerprint density at radius 1 is 1.07 bits per heavy atom. The van der Waals surface area contributed by atoms with Gasteiger partial charge in [-0.25, -0.2) is 0 Å². The number of hydrogen-bond acceptors (Lipinski definition) is 4. The predicted molar refractivity (Wildman–Crippen MR) is 105 cm³/mol. The third-order valence-electron chi connectivity index (χ3n) is 3.72. The van der Waals surface area contributed by atoms with E-state index in [-0.39, 0.29) is 18.4 Å². The molecule has 144 valence electrons. The highest BCUT2D eigenvalue weighted by Gasteiger charge is 2.08. The van der Waals surface area contributed by atoms with Crippen molar-refractivity contribution in [2.75, 3.05) is 31.7 Å². The first-order valence-corrected chi connectivity index (χ1v) is 9.04. The van der Waals surface area contributed by atoms with Crippen LogP contribution >= 0.6 is 0 Å². The summed E-state index contributed by atoms with van der Waals surface area (Å²) in [5.74, 6) is 0.176. The largest absolute Gasteiger partial charge is 0.484 e. The third-order valence-corrected chi connectivity index (χ3v) is 3.72. The number of rotatable bonds is 10. The Morgan fingerprint density at radius 3 is 2.67 bits per heavy atom. The summed E-state index contributed by atoms with van der Waals surface area (Å²) >= 11 is 0. The molecule has 6 heteroatoms. The van der Waals surface area contributed by atoms with E-state index in [1.807, 2.05) is 32.0 Å². The van der Waals surface area contributed by atoms with Crippen LogP contribution < -0.4 is 15.4 Å². The Balaban J connectivity index is 1.81. The van der Waals surface area contributed by atoms with Crippen LogP contribution in [-0.4, -0.2) is 38.2 Å². The van der Waals surface area contributed by atoms with Crippen molar-refractivity contribution in [1.29, 1.82) is 0 Å². The monoisotopic (exact) mass is 370 g/mol. The van der Waals surface area contributed by atoms with Crippen LogP contribution in [0, 0.1) is 6.92 Å². The quantitative estimate of drug-likeness (QED) is 0.630. The van der Waals surface area contributed by atoms with E-state index in [1.165, 1.54) is 0 Å². The zero-order valence-corrected chi connectivity index (χ0v) is 15.8. The summed E-state index contributed by atoms with van der Waals surface area (Å²) in [4.78, 5) is 24.2. The Kier molecular flexibility index (Phi) is 8.32. The molecular formula is C21H26N2O4. The molecule has 6 nitrogen and oxygen atoms in total. The van der Waals surface area contributed by atoms with Gasteiger partial charge in [-0.05, 0) is 56.2 Å². The summed E-state index contributed by atoms with van der Waals surface area (Å²) in [6.07, 6.45) is 0.756. The number of hydrogen-bond donors (Lipinski definition) is 2. The van der Waals surface area contributed by atoms with Gasteiger partial charge in [0.1, 0.15) is 5.75 Å². The lowest BCUT2D eigenvalue weighted by Gasteiger charge is -2.10. The molecule has 0 aliphatic carbocycles. The molecule has 0 bridgehead atoms. The second kappa shape index (κ2) is 11.0. The maximum Gasteiger partial charge on any atom is 0.262 e. The SMILES string of the molecule is CCOCCCNC(=O)c1cccc(NC(=O)COc2cccc(C)c2)c1. The highest BCUT2D eigenvalue weighted by molar-refractivity contribution is 5.97. The summed E-state index contributed by atoms with van der Waals surface area (Å²) in [6.45, 7) is 5.62. The van der Waals surface area contributed by atoms with Crippen molar-refractivity contribution in [2.45, 2.75) is 20.3 Å². The normalized spacial score (nSPS) is 10.3. The second-order valence-electron chi connectivity index (χ2n) is 6.04. The first-order valence-electron chi connectivity index (χ1n) is 9.04. The van der Waals surface area contributed by atoms with E-state index in [0.717, 1.165) is 12.0 Å². The molecular weight excluding hydrogens is 344 g/mol. The minimum Gasteiger partial charge on any atom is -0.484 e. The molecule has 0 heterocycles. The maximum absolute atomic E-state index is 12.2. The molecule has 2 rings (SSSR count). The smallest absolute Gasteiger partial charge is 0.262 e. The number of ether oxygens (including phenoxy) is 2. The van der Waals surface area contributed by atoms with Gasteiger partial charge in [0.15, 0.2) is 6.61 Å². The summed E-state index contributed by atoms with van der Waals surface area (Å²) in [5, 5.41) is 5.58. The van der Waals surface area contributed by atoms with Crippen molar-refractivity contribution in [2.24, 2.45) is 0 Å². The predicted octanol–water partition coefficient (Wildman–Crippen LogP) is 3.17. The molecule has 0 radical (unpaired) electrons. The van der Waals surface area contributed by atoms with E-state index >= 15 is 0 Å². The van der Waals surface area contributed by atoms with E-state index in [1.54, 1.807) is 30.3 Å². The Labute approximate surface area is 159 Å². The number of benzene rings is 2. The van der Waals surface area contributed by atoms with Crippen LogP contribution in [0.5, 0.6) is 5.75 Å². The summed E-state index contributed by atoms with van der Waals surface area (Å²) in [7, 11) is 0. The lowest BCUT2D eigenvalue weighted by Crippen LogP contribution is -2.25. The van der Waals surface area contributed by atoms with Crippen molar-refractivity contribution in [3.63, 3.8) is 0 Å². The van der Waals surface area contributed by atoms with Gasteiger partial charge in [-0.2, -0.15) is 0 Å². The molecule has 2 aromatic carbocycles. The molecule has 0 spiro atoms. The van der Waals surface area contributed by atoms with Gasteiger partial charge >= 0.3 is 0 Å². The number of anilines is 1. The lowest BCUT2D eigenvalue weighted by atomic mass is 10.2. The number of aryl methyl sites for hydroxylation is 1. The van der Waals surface area contributed by atoms with Crippen molar-refractivity contribution >= 4 is 17.5 Å². The van der Waals surface area contributed by atoms with E-state index < -0.39 is 0 Å². The van der Waals surface area contributed by atoms with Gasteiger partial charge in [0.05, 0.1) is 0 Å². The Bertz CT molecular complexity index is 761. The molecule has 0 saturated carbocycles. The van der Waals surface area contributed by atoms with Crippen molar-refractivity contribution < 1.29 is 19.1 Å². The molecule has 0 atom stereocenters. The van der Waals surface area contributed by atoms with Crippen LogP contribution in [0.2, 0.25) is 0 Å². The first-order chi connectivity index (χ1) is 13.1. The molecule has 0 fully saturated rings. The summed E-state index contributed by atoms with van der Waals surface area (Å²) in [6, 6.07) is 14.3. The maximum atomic E-state index is 12.2. The minimum absolute atomic E-state index is 0.0999. The zero-order chi connectivity index (χ0) is 19.5. The Morgan fingerprint density at radius 2 is 1.89 bits per heavy atom. The average Bonchev–Trinajstić information content (AvgIpc) is 2.66. The molecule has 2 aromatic rings. The van der Waals surface area contributed by atoms with Gasteiger partial charge in [-0.15, -0.1) is 0 Å². The Hall–Kier alpha value is -2.86. The van der Waals surface area contributed by atoms with Crippen molar-refractivity contribution in [3.8, 4) is 5.75 Å². The molecule has 27 heavy (non-hydrogen) atoms. The molecule has 0 aromatic heterocycles. The van der Waals surface area contributed by atoms with E-state index in [0.29, 0.717) is 36.8 Å². The van der Waals surface area contributed by atoms with E-state index in [2.05, 4.69) is 10.6 Å². The van der Waals surface area contributed by atoms with E-state index in [4.69, 9.17) is 9.47 Å². The first kappa shape index (κ1) is 20.5. The van der Waals surface area contributed by atoms with Crippen LogP contribution in [0.3, 0.4) is 0 Å². The number of amides is 2. The van der Waals surface area contributed by atoms with Gasteiger partial charge < -0.3 is 20.1 Å². The fourth-order valence-corrected chi connectivity index (χ4v) is 2.41. The highest BCUT2D eigenvalue weighted by atomic mass is 16.5. The van der Waals surface area contributed by atoms with Gasteiger partial charge in [-0.3, -0.25) is 9.59 Å². The number of carbonyl (C=O) groups is 2. The highest BCUT2D eigenvalue weighted by Crippen LogP contribution is 2.13. The molecule has 2 amide bonds. The topological polar surface area (TPSA) is 76.7 Å². The number of carbonyl (C=O) groups excluding carboxylic acids is 2. The van der Waals surface area contributed by atoms with Crippen LogP contribution in [0.15, 0.2) is 48.5 Å². The van der Waals surface area contributed by atoms with Crippen LogP contribution in [0.4, 0.5) is 5.69 Å². The molecule has 0 saturated heterocycles. The van der Waals surface area contributed by atoms with Crippen molar-refractivity contribution in [3.05, 3.63) is 59.7 Å². The fraction of sp³-hybridized carbons (Fsp3) is 0.333. The summed E-state index contributed by atoms with van der Waals surface area (Å²) in [5.41, 5.74) is 2.10. The molecule has 2 N–H and O–H groups in total. The zero-order valence-electron chi connectivity index (χ0n) is 15.8. The number of nitrogens with one attached hydrogen (secondary N) is 2. The molecule has 0 aliphatic heterocycles. The van der Waals surface area contributed by atoms with Gasteiger partial charge in [-0.1, -0.05) is 18.2 Å². The fourth-order valence-electron chi connectivity index (χ4n) is 2.41. The van der Waals surface area contributed by atoms with Gasteiger partial charge in [0.2, 0.25) is 0 Å². The standard InChI is InChI=1S/C21H26N2O4/c1-3-26-12-6-11-22-21(25)17-8-5-9-18(14-17)23-20(24)15-27-19-10-4-7-16(2)13-19/h4-5,7-10,13-14H,3,6,11-12,15H2,1-2H3,(H,22,25)(H,23,24).